The van der Waals surface area contributed by atoms with Gasteiger partial charge in [0.1, 0.15) is 18.3 Å². The molecule has 2 aromatic rings. The molecule has 9 nitrogen and oxygen atoms in total. The molecule has 0 spiro atoms. The third-order valence-corrected chi connectivity index (χ3v) is 3.19. The molecule has 0 bridgehead atoms. The third kappa shape index (κ3) is 1.81. The van der Waals surface area contributed by atoms with Gasteiger partial charge in [-0.05, 0) is 0 Å². The first kappa shape index (κ1) is 13.1. The number of aromatic nitrogens is 4. The van der Waals surface area contributed by atoms with Crippen molar-refractivity contribution in [1.82, 2.24) is 19.5 Å². The molecular formula is C10H11FN4O5. The highest BCUT2D eigenvalue weighted by Gasteiger charge is 2.44. The Hall–Kier alpha value is -1.88. The molecule has 1 fully saturated rings. The summed E-state index contributed by atoms with van der Waals surface area (Å²) in [5.74, 6) is 0. The van der Waals surface area contributed by atoms with Gasteiger partial charge in [0.05, 0.1) is 12.9 Å². The van der Waals surface area contributed by atoms with Gasteiger partial charge in [0, 0.05) is 0 Å². The molecule has 0 amide bonds. The van der Waals surface area contributed by atoms with E-state index in [-0.39, 0.29) is 11.2 Å². The lowest BCUT2D eigenvalue weighted by Gasteiger charge is -2.16. The lowest BCUT2D eigenvalue weighted by Crippen LogP contribution is -2.33. The van der Waals surface area contributed by atoms with E-state index in [4.69, 9.17) is 9.84 Å². The largest absolute Gasteiger partial charge is 0.394 e. The molecule has 20 heavy (non-hydrogen) atoms. The van der Waals surface area contributed by atoms with Crippen molar-refractivity contribution in [2.75, 3.05) is 6.61 Å². The number of H-pyrrole nitrogens is 1. The molecule has 0 saturated carbocycles. The fourth-order valence-corrected chi connectivity index (χ4v) is 2.20. The summed E-state index contributed by atoms with van der Waals surface area (Å²) >= 11 is 0. The molecule has 4 atom stereocenters. The van der Waals surface area contributed by atoms with Gasteiger partial charge in [-0.15, -0.1) is 0 Å². The highest BCUT2D eigenvalue weighted by molar-refractivity contribution is 5.69. The second-order valence-electron chi connectivity index (χ2n) is 4.41. The first-order chi connectivity index (χ1) is 9.52. The first-order valence-corrected chi connectivity index (χ1v) is 5.77. The molecule has 0 radical (unpaired) electrons. The zero-order valence-corrected chi connectivity index (χ0v) is 9.97. The number of aliphatic hydroxyl groups excluding tert-OH is 3. The standard InChI is InChI=1S/C10H11FN4O5/c11-10-13-7-4(8(19)14-10)12-2-15(7)9-6(18)5(17)3(1-16)20-9/h2-3,5-6,9,16-18H,1H2,(H,13,14,19)/t3-,5+,6-,9-/m1/s1. The number of halogens is 1. The average molecular weight is 286 g/mol. The fraction of sp³-hybridized carbons (Fsp3) is 0.500. The summed E-state index contributed by atoms with van der Waals surface area (Å²) in [5.41, 5.74) is -1.01. The van der Waals surface area contributed by atoms with Crippen molar-refractivity contribution < 1.29 is 24.4 Å². The number of hydrogen-bond donors (Lipinski definition) is 4. The van der Waals surface area contributed by atoms with Crippen LogP contribution >= 0.6 is 0 Å². The van der Waals surface area contributed by atoms with E-state index in [1.54, 1.807) is 0 Å². The SMILES string of the molecule is O=c1[nH]c(F)nc2c1ncn2[C@@H]1O[C@H](CO)[C@H](O)[C@H]1O. The number of fused-ring (bicyclic) bond motifs is 1. The Bertz CT molecular complexity index is 701. The maximum atomic E-state index is 13.2. The van der Waals surface area contributed by atoms with Gasteiger partial charge in [-0.1, -0.05) is 0 Å². The predicted octanol–water partition coefficient (Wildman–Crippen LogP) is -2.13. The van der Waals surface area contributed by atoms with Crippen molar-refractivity contribution in [2.45, 2.75) is 24.5 Å². The van der Waals surface area contributed by atoms with Gasteiger partial charge < -0.3 is 20.1 Å². The van der Waals surface area contributed by atoms with Gasteiger partial charge in [-0.3, -0.25) is 14.3 Å². The van der Waals surface area contributed by atoms with Crippen LogP contribution in [0.25, 0.3) is 11.2 Å². The molecule has 2 aromatic heterocycles. The summed E-state index contributed by atoms with van der Waals surface area (Å²) in [6.45, 7) is -0.496. The molecule has 4 N–H and O–H groups in total. The van der Waals surface area contributed by atoms with Crippen LogP contribution in [0, 0.1) is 6.08 Å². The van der Waals surface area contributed by atoms with Crippen LogP contribution in [0.15, 0.2) is 11.1 Å². The monoisotopic (exact) mass is 286 g/mol. The van der Waals surface area contributed by atoms with E-state index in [1.807, 2.05) is 4.98 Å². The van der Waals surface area contributed by atoms with Gasteiger partial charge in [-0.2, -0.15) is 9.37 Å². The summed E-state index contributed by atoms with van der Waals surface area (Å²) < 4.78 is 19.6. The van der Waals surface area contributed by atoms with Crippen molar-refractivity contribution in [3.05, 3.63) is 22.8 Å². The number of aromatic amines is 1. The van der Waals surface area contributed by atoms with Gasteiger partial charge in [0.15, 0.2) is 17.4 Å². The molecule has 0 aliphatic carbocycles. The molecule has 0 aromatic carbocycles. The van der Waals surface area contributed by atoms with Crippen LogP contribution in [0.5, 0.6) is 0 Å². The topological polar surface area (TPSA) is 133 Å². The van der Waals surface area contributed by atoms with Gasteiger partial charge in [0.2, 0.25) is 0 Å². The van der Waals surface area contributed by atoms with E-state index in [0.29, 0.717) is 0 Å². The van der Waals surface area contributed by atoms with Crippen molar-refractivity contribution in [1.29, 1.82) is 0 Å². The van der Waals surface area contributed by atoms with Gasteiger partial charge in [0.25, 0.3) is 11.6 Å². The van der Waals surface area contributed by atoms with Crippen LogP contribution in [0.4, 0.5) is 4.39 Å². The third-order valence-electron chi connectivity index (χ3n) is 3.19. The summed E-state index contributed by atoms with van der Waals surface area (Å²) in [4.78, 5) is 20.6. The molecule has 1 saturated heterocycles. The van der Waals surface area contributed by atoms with Crippen LogP contribution in [0.2, 0.25) is 0 Å². The molecule has 3 heterocycles. The average Bonchev–Trinajstić information content (AvgIpc) is 2.93. The van der Waals surface area contributed by atoms with Crippen LogP contribution in [0.3, 0.4) is 0 Å². The van der Waals surface area contributed by atoms with Gasteiger partial charge in [-0.25, -0.2) is 4.98 Å². The maximum absolute atomic E-state index is 13.2. The van der Waals surface area contributed by atoms with Crippen molar-refractivity contribution in [3.8, 4) is 0 Å². The number of nitrogens with one attached hydrogen (secondary N) is 1. The zero-order valence-electron chi connectivity index (χ0n) is 9.97. The quantitative estimate of drug-likeness (QED) is 0.463. The van der Waals surface area contributed by atoms with Gasteiger partial charge >= 0.3 is 0 Å². The lowest BCUT2D eigenvalue weighted by molar-refractivity contribution is -0.0511. The Kier molecular flexibility index (Phi) is 3.01. The summed E-state index contributed by atoms with van der Waals surface area (Å²) in [5, 5.41) is 28.6. The minimum Gasteiger partial charge on any atom is -0.394 e. The van der Waals surface area contributed by atoms with Crippen molar-refractivity contribution >= 4 is 11.2 Å². The Morgan fingerprint density at radius 1 is 1.45 bits per heavy atom. The van der Waals surface area contributed by atoms with E-state index in [9.17, 15) is 19.4 Å². The number of aliphatic hydroxyl groups is 3. The highest BCUT2D eigenvalue weighted by Crippen LogP contribution is 2.30. The Morgan fingerprint density at radius 3 is 2.85 bits per heavy atom. The van der Waals surface area contributed by atoms with Crippen LogP contribution < -0.4 is 5.56 Å². The Morgan fingerprint density at radius 2 is 2.20 bits per heavy atom. The molecule has 0 unspecified atom stereocenters. The van der Waals surface area contributed by atoms with Crippen LogP contribution in [-0.2, 0) is 4.74 Å². The van der Waals surface area contributed by atoms with E-state index in [2.05, 4.69) is 9.97 Å². The number of nitrogens with zero attached hydrogens (tertiary/aromatic N) is 3. The molecule has 1 aliphatic rings. The number of rotatable bonds is 2. The second-order valence-corrected chi connectivity index (χ2v) is 4.41. The maximum Gasteiger partial charge on any atom is 0.291 e. The van der Waals surface area contributed by atoms with Crippen LogP contribution in [0.1, 0.15) is 6.23 Å². The summed E-state index contributed by atoms with van der Waals surface area (Å²) in [7, 11) is 0. The highest BCUT2D eigenvalue weighted by atomic mass is 19.1. The first-order valence-electron chi connectivity index (χ1n) is 5.77. The fourth-order valence-electron chi connectivity index (χ4n) is 2.20. The molecular weight excluding hydrogens is 275 g/mol. The molecule has 1 aliphatic heterocycles. The summed E-state index contributed by atoms with van der Waals surface area (Å²) in [6.07, 6.45) is -4.74. The lowest BCUT2D eigenvalue weighted by atomic mass is 10.1. The minimum absolute atomic E-state index is 0.121. The Labute approximate surface area is 110 Å². The van der Waals surface area contributed by atoms with Crippen molar-refractivity contribution in [2.24, 2.45) is 0 Å². The number of hydrogen-bond acceptors (Lipinski definition) is 7. The number of ether oxygens (including phenoxy) is 1. The second kappa shape index (κ2) is 4.59. The normalized spacial score (nSPS) is 30.2. The molecule has 3 rings (SSSR count). The van der Waals surface area contributed by atoms with Crippen LogP contribution in [-0.4, -0.2) is 59.8 Å². The predicted molar refractivity (Wildman–Crippen MR) is 61.1 cm³/mol. The molecule has 10 heteroatoms. The Balaban J connectivity index is 2.09. The van der Waals surface area contributed by atoms with E-state index < -0.39 is 42.8 Å². The molecule has 108 valence electrons. The number of imidazole rings is 1. The minimum atomic E-state index is -1.37. The summed E-state index contributed by atoms with van der Waals surface area (Å²) in [6, 6.07) is 0. The van der Waals surface area contributed by atoms with E-state index >= 15 is 0 Å². The van der Waals surface area contributed by atoms with Crippen molar-refractivity contribution in [3.63, 3.8) is 0 Å². The van der Waals surface area contributed by atoms with E-state index in [0.717, 1.165) is 10.9 Å². The smallest absolute Gasteiger partial charge is 0.291 e. The zero-order chi connectivity index (χ0) is 14.4. The van der Waals surface area contributed by atoms with E-state index in [1.165, 1.54) is 0 Å².